The minimum atomic E-state index is -10.7. The van der Waals surface area contributed by atoms with Crippen LogP contribution in [0, 0.1) is 11.8 Å². The van der Waals surface area contributed by atoms with E-state index in [4.69, 9.17) is 10.5 Å². The first kappa shape index (κ1) is 39.9. The average Bonchev–Trinajstić information content (AvgIpc) is 3.68. The van der Waals surface area contributed by atoms with Gasteiger partial charge in [-0.25, -0.2) is 9.97 Å². The summed E-state index contributed by atoms with van der Waals surface area (Å²) in [6.45, 7) is -0.262. The number of hydrogen-bond donors (Lipinski definition) is 3. The molecule has 11 nitrogen and oxygen atoms in total. The van der Waals surface area contributed by atoms with Crippen molar-refractivity contribution < 1.29 is 59.6 Å². The second-order valence-corrected chi connectivity index (χ2v) is 12.7. The standard InChI is InChI=1S/C23H20N6O3.C10H8N2.F6P.Ru/c24-22-21-15(6-4-14-5-7-17(26-10-14)16-3-1-2-8-25-16)11-29(23(21)28-13-27-22)20-9-18(31)19(12-30)32-20;1-3-7-11-9(5-1)10-6-2-4-8-12-10;1-7(2,3,4,5)6;/h1-3,5,7-8,10-11,13,18-20,30-31H,9,12H2,(H2,24,27,28);1-8H;;/q;;-1;+2/t18-,19+,20+;;;/m0.../s1. The van der Waals surface area contributed by atoms with Gasteiger partial charge in [0.2, 0.25) is 0 Å². The fourth-order valence-corrected chi connectivity index (χ4v) is 4.77. The first-order valence-corrected chi connectivity index (χ1v) is 16.9. The number of rotatable bonds is 4. The summed E-state index contributed by atoms with van der Waals surface area (Å²) in [5, 5.41) is 20.1. The number of aliphatic hydroxyl groups excluding tert-OH is 2. The molecule has 272 valence electrons. The van der Waals surface area contributed by atoms with E-state index in [1.54, 1.807) is 35.6 Å². The summed E-state index contributed by atoms with van der Waals surface area (Å²) < 4.78 is 66.8. The molecule has 6 aromatic heterocycles. The molecule has 1 saturated heterocycles. The summed E-state index contributed by atoms with van der Waals surface area (Å²) in [6.07, 6.45) is 8.54. The van der Waals surface area contributed by atoms with Gasteiger partial charge in [0.05, 0.1) is 46.4 Å². The summed E-state index contributed by atoms with van der Waals surface area (Å²) in [4.78, 5) is 25.6. The van der Waals surface area contributed by atoms with Crippen molar-refractivity contribution in [3.05, 3.63) is 115 Å². The molecule has 0 unspecified atom stereocenters. The van der Waals surface area contributed by atoms with Gasteiger partial charge in [-0.15, -0.1) is 0 Å². The third-order valence-corrected chi connectivity index (χ3v) is 6.96. The Kier molecular flexibility index (Phi) is 12.1. The van der Waals surface area contributed by atoms with Crippen molar-refractivity contribution in [3.8, 4) is 34.6 Å². The molecule has 7 heterocycles. The molecule has 7 rings (SSSR count). The molecule has 4 N–H and O–H groups in total. The topological polar surface area (TPSA) is 158 Å². The van der Waals surface area contributed by atoms with Gasteiger partial charge in [-0.05, 0) is 48.5 Å². The molecule has 1 aliphatic rings. The monoisotopic (exact) mass is 831 g/mol. The van der Waals surface area contributed by atoms with Gasteiger partial charge in [0.1, 0.15) is 30.1 Å². The average molecular weight is 831 g/mol. The van der Waals surface area contributed by atoms with Crippen molar-refractivity contribution in [3.63, 3.8) is 0 Å². The summed E-state index contributed by atoms with van der Waals surface area (Å²) >= 11 is 0. The van der Waals surface area contributed by atoms with Crippen LogP contribution in [0.15, 0.2) is 104 Å². The smallest absolute Gasteiger partial charge is 0.394 e. The van der Waals surface area contributed by atoms with Crippen LogP contribution in [-0.2, 0) is 24.2 Å². The number of halogens is 6. The van der Waals surface area contributed by atoms with Gasteiger partial charge in [-0.2, -0.15) is 0 Å². The summed E-state index contributed by atoms with van der Waals surface area (Å²) in [5.41, 5.74) is 11.4. The number of aromatic nitrogens is 7. The fraction of sp³-hybridized carbons (Fsp3) is 0.152. The van der Waals surface area contributed by atoms with E-state index in [-0.39, 0.29) is 26.1 Å². The largest absolute Gasteiger partial charge is 2.00 e. The number of aliphatic hydroxyl groups is 2. The van der Waals surface area contributed by atoms with Crippen LogP contribution in [0.25, 0.3) is 33.8 Å². The molecule has 3 atom stereocenters. The van der Waals surface area contributed by atoms with Gasteiger partial charge < -0.3 is 25.3 Å². The van der Waals surface area contributed by atoms with E-state index in [9.17, 15) is 35.4 Å². The third kappa shape index (κ3) is 11.8. The van der Waals surface area contributed by atoms with Gasteiger partial charge in [-0.1, -0.05) is 30.0 Å². The van der Waals surface area contributed by atoms with Gasteiger partial charge in [0.15, 0.2) is 0 Å². The normalized spacial score (nSPS) is 17.8. The van der Waals surface area contributed by atoms with Crippen molar-refractivity contribution >= 4 is 24.7 Å². The number of anilines is 1. The summed E-state index contributed by atoms with van der Waals surface area (Å²) in [7, 11) is -10.7. The van der Waals surface area contributed by atoms with Crippen molar-refractivity contribution in [1.29, 1.82) is 0 Å². The van der Waals surface area contributed by atoms with E-state index < -0.39 is 26.2 Å². The zero-order chi connectivity index (χ0) is 36.7. The van der Waals surface area contributed by atoms with Gasteiger partial charge in [0.25, 0.3) is 0 Å². The van der Waals surface area contributed by atoms with Crippen LogP contribution < -0.4 is 5.73 Å². The predicted octanol–water partition coefficient (Wildman–Crippen LogP) is 7.03. The number of hydrogen-bond acceptors (Lipinski definition) is 10. The maximum atomic E-state index is 10.1. The maximum absolute atomic E-state index is 10.7. The zero-order valence-corrected chi connectivity index (χ0v) is 29.2. The van der Waals surface area contributed by atoms with Crippen LogP contribution in [0.4, 0.5) is 31.0 Å². The minimum absolute atomic E-state index is 0. The number of nitrogens with two attached hydrogens (primary N) is 1. The molecule has 19 heteroatoms. The number of nitrogen functional groups attached to an aromatic ring is 1. The van der Waals surface area contributed by atoms with Crippen LogP contribution in [0.3, 0.4) is 0 Å². The summed E-state index contributed by atoms with van der Waals surface area (Å²) in [6, 6.07) is 21.0. The zero-order valence-electron chi connectivity index (χ0n) is 26.5. The fourth-order valence-electron chi connectivity index (χ4n) is 4.77. The Hall–Kier alpha value is -4.91. The second-order valence-electron chi connectivity index (χ2n) is 10.8. The molecule has 0 spiro atoms. The minimum Gasteiger partial charge on any atom is -0.394 e. The van der Waals surface area contributed by atoms with Crippen molar-refractivity contribution in [2.24, 2.45) is 0 Å². The molecule has 0 bridgehead atoms. The Labute approximate surface area is 305 Å². The van der Waals surface area contributed by atoms with Crippen LogP contribution in [0.1, 0.15) is 23.8 Å². The maximum Gasteiger partial charge on any atom is 2.00 e. The van der Waals surface area contributed by atoms with E-state index in [1.807, 2.05) is 66.7 Å². The molecule has 0 aromatic carbocycles. The molecular formula is C33H28F6N8O3PRu+. The second kappa shape index (κ2) is 15.8. The van der Waals surface area contributed by atoms with Crippen LogP contribution in [0.2, 0.25) is 0 Å². The molecule has 0 aliphatic carbocycles. The van der Waals surface area contributed by atoms with Crippen molar-refractivity contribution in [1.82, 2.24) is 34.5 Å². The van der Waals surface area contributed by atoms with Crippen LogP contribution >= 0.6 is 7.81 Å². The van der Waals surface area contributed by atoms with Crippen LogP contribution in [-0.4, -0.2) is 63.5 Å². The van der Waals surface area contributed by atoms with Gasteiger partial charge in [0, 0.05) is 43.0 Å². The number of nitrogens with zero attached hydrogens (tertiary/aromatic N) is 7. The molecule has 0 radical (unpaired) electrons. The Morgan fingerprint density at radius 2 is 1.31 bits per heavy atom. The Morgan fingerprint density at radius 1 is 0.769 bits per heavy atom. The summed E-state index contributed by atoms with van der Waals surface area (Å²) in [5.74, 6) is 6.54. The molecular weight excluding hydrogens is 802 g/mol. The first-order chi connectivity index (χ1) is 24.1. The molecule has 0 amide bonds. The molecule has 1 aliphatic heterocycles. The van der Waals surface area contributed by atoms with E-state index in [2.05, 4.69) is 41.7 Å². The third-order valence-electron chi connectivity index (χ3n) is 6.96. The molecule has 0 saturated carbocycles. The van der Waals surface area contributed by atoms with Gasteiger partial charge >= 0.3 is 52.5 Å². The molecule has 1 fully saturated rings. The molecule has 52 heavy (non-hydrogen) atoms. The van der Waals surface area contributed by atoms with E-state index >= 15 is 0 Å². The van der Waals surface area contributed by atoms with Gasteiger partial charge in [-0.3, -0.25) is 19.9 Å². The number of ether oxygens (including phenoxy) is 1. The van der Waals surface area contributed by atoms with E-state index in [0.717, 1.165) is 28.3 Å². The van der Waals surface area contributed by atoms with Crippen molar-refractivity contribution in [2.45, 2.75) is 24.9 Å². The number of fused-ring (bicyclic) bond motifs is 1. The van der Waals surface area contributed by atoms with Crippen LogP contribution in [0.5, 0.6) is 0 Å². The Balaban J connectivity index is 0.000000248. The number of pyridine rings is 4. The van der Waals surface area contributed by atoms with E-state index in [1.165, 1.54) is 6.33 Å². The SMILES string of the molecule is F[P-](F)(F)(F)(F)F.Nc1ncnc2c1c(C#Cc1ccc(-c3ccccn3)nc1)cn2[C@H]1C[C@H](O)[C@@H](CO)O1.[Ru+2].c1ccc(-c2ccccn2)nc1. The van der Waals surface area contributed by atoms with Crippen molar-refractivity contribution in [2.75, 3.05) is 12.3 Å². The Bertz CT molecular complexity index is 2090. The predicted molar refractivity (Wildman–Crippen MR) is 178 cm³/mol. The quantitative estimate of drug-likeness (QED) is 0.0729. The first-order valence-electron chi connectivity index (χ1n) is 14.9. The Morgan fingerprint density at radius 3 is 1.75 bits per heavy atom. The van der Waals surface area contributed by atoms with E-state index in [0.29, 0.717) is 28.8 Å². The molecule has 6 aromatic rings.